The van der Waals surface area contributed by atoms with Crippen LogP contribution >= 0.6 is 22.9 Å². The Morgan fingerprint density at radius 2 is 2.25 bits per heavy atom. The van der Waals surface area contributed by atoms with E-state index in [4.69, 9.17) is 11.6 Å². The summed E-state index contributed by atoms with van der Waals surface area (Å²) in [5, 5.41) is 0. The van der Waals surface area contributed by atoms with E-state index in [2.05, 4.69) is 9.97 Å². The highest BCUT2D eigenvalue weighted by molar-refractivity contribution is 7.91. The molecule has 0 atom stereocenters. The third kappa shape index (κ3) is 2.60. The maximum absolute atomic E-state index is 12.7. The summed E-state index contributed by atoms with van der Waals surface area (Å²) in [6, 6.07) is 0.0533. The zero-order chi connectivity index (χ0) is 14.3. The molecule has 0 amide bonds. The Balaban J connectivity index is 1.93. The Morgan fingerprint density at radius 1 is 1.50 bits per heavy atom. The van der Waals surface area contributed by atoms with E-state index in [0.29, 0.717) is 0 Å². The van der Waals surface area contributed by atoms with Crippen LogP contribution in [0.2, 0.25) is 4.47 Å². The average Bonchev–Trinajstić information content (AvgIpc) is 3.00. The molecule has 0 unspecified atom stereocenters. The van der Waals surface area contributed by atoms with Gasteiger partial charge in [-0.25, -0.2) is 18.4 Å². The van der Waals surface area contributed by atoms with Gasteiger partial charge in [0.15, 0.2) is 8.68 Å². The second-order valence-electron chi connectivity index (χ2n) is 4.67. The quantitative estimate of drug-likeness (QED) is 0.838. The van der Waals surface area contributed by atoms with Gasteiger partial charge in [-0.3, -0.25) is 0 Å². The highest BCUT2D eigenvalue weighted by Gasteiger charge is 2.39. The van der Waals surface area contributed by atoms with Crippen molar-refractivity contribution in [3.05, 3.63) is 28.9 Å². The van der Waals surface area contributed by atoms with Crippen molar-refractivity contribution in [2.24, 2.45) is 7.05 Å². The molecule has 0 bridgehead atoms. The Bertz CT molecular complexity index is 720. The predicted octanol–water partition coefficient (Wildman–Crippen LogP) is 1.88. The highest BCUT2D eigenvalue weighted by Crippen LogP contribution is 2.35. The maximum atomic E-state index is 12.7. The minimum Gasteiger partial charge on any atom is -0.337 e. The van der Waals surface area contributed by atoms with Gasteiger partial charge in [0, 0.05) is 25.5 Å². The van der Waals surface area contributed by atoms with Crippen LogP contribution in [0.3, 0.4) is 0 Å². The molecule has 1 saturated carbocycles. The third-order valence-electron chi connectivity index (χ3n) is 3.19. The Morgan fingerprint density at radius 3 is 2.75 bits per heavy atom. The number of halogens is 1. The van der Waals surface area contributed by atoms with Gasteiger partial charge in [-0.05, 0) is 12.8 Å². The fraction of sp³-hybridized carbons (Fsp3) is 0.455. The normalized spacial score (nSPS) is 15.9. The van der Waals surface area contributed by atoms with Crippen molar-refractivity contribution in [2.45, 2.75) is 29.6 Å². The lowest BCUT2D eigenvalue weighted by atomic mass is 10.5. The van der Waals surface area contributed by atoms with E-state index in [-0.39, 0.29) is 21.3 Å². The molecule has 3 rings (SSSR count). The molecule has 2 aromatic heterocycles. The minimum atomic E-state index is -3.56. The number of nitrogens with zero attached hydrogens (tertiary/aromatic N) is 4. The molecule has 9 heteroatoms. The van der Waals surface area contributed by atoms with Gasteiger partial charge >= 0.3 is 0 Å². The van der Waals surface area contributed by atoms with Crippen LogP contribution < -0.4 is 0 Å². The lowest BCUT2D eigenvalue weighted by molar-refractivity contribution is 0.386. The van der Waals surface area contributed by atoms with E-state index in [1.165, 1.54) is 10.5 Å². The van der Waals surface area contributed by atoms with Crippen LogP contribution in [0.5, 0.6) is 0 Å². The molecule has 6 nitrogen and oxygen atoms in total. The molecule has 2 heterocycles. The van der Waals surface area contributed by atoms with Crippen molar-refractivity contribution in [1.82, 2.24) is 18.8 Å². The maximum Gasteiger partial charge on any atom is 0.254 e. The van der Waals surface area contributed by atoms with Crippen LogP contribution in [0.1, 0.15) is 18.7 Å². The summed E-state index contributed by atoms with van der Waals surface area (Å²) in [5.74, 6) is 0.719. The van der Waals surface area contributed by atoms with Gasteiger partial charge < -0.3 is 4.57 Å². The van der Waals surface area contributed by atoms with Crippen LogP contribution in [-0.4, -0.2) is 33.3 Å². The first-order chi connectivity index (χ1) is 9.48. The molecule has 2 aromatic rings. The molecular weight excluding hydrogens is 320 g/mol. The molecule has 0 N–H and O–H groups in total. The topological polar surface area (TPSA) is 68.1 Å². The van der Waals surface area contributed by atoms with E-state index >= 15 is 0 Å². The van der Waals surface area contributed by atoms with E-state index in [9.17, 15) is 8.42 Å². The molecule has 1 fully saturated rings. The monoisotopic (exact) mass is 332 g/mol. The summed E-state index contributed by atoms with van der Waals surface area (Å²) >= 11 is 6.72. The molecule has 20 heavy (non-hydrogen) atoms. The number of imidazole rings is 1. The SMILES string of the molecule is Cn1ccnc1CN(C1CC1)S(=O)(=O)c1cnc(Cl)s1. The van der Waals surface area contributed by atoms with Gasteiger partial charge in [0.1, 0.15) is 5.82 Å². The number of sulfonamides is 1. The molecule has 0 saturated heterocycles. The summed E-state index contributed by atoms with van der Waals surface area (Å²) < 4.78 is 29.1. The van der Waals surface area contributed by atoms with E-state index in [0.717, 1.165) is 30.0 Å². The zero-order valence-electron chi connectivity index (χ0n) is 10.7. The summed E-state index contributed by atoms with van der Waals surface area (Å²) in [6.07, 6.45) is 6.55. The molecule has 1 aliphatic carbocycles. The first-order valence-electron chi connectivity index (χ1n) is 6.08. The number of aryl methyl sites for hydroxylation is 1. The highest BCUT2D eigenvalue weighted by atomic mass is 35.5. The largest absolute Gasteiger partial charge is 0.337 e. The van der Waals surface area contributed by atoms with Gasteiger partial charge in [-0.1, -0.05) is 22.9 Å². The summed E-state index contributed by atoms with van der Waals surface area (Å²) in [7, 11) is -1.71. The van der Waals surface area contributed by atoms with E-state index in [1.54, 1.807) is 12.4 Å². The standard InChI is InChI=1S/C11H13ClN4O2S2/c1-15-5-4-13-9(15)7-16(8-2-3-8)20(17,18)10-6-14-11(12)19-10/h4-6,8H,2-3,7H2,1H3. The van der Waals surface area contributed by atoms with Crippen molar-refractivity contribution in [3.63, 3.8) is 0 Å². The van der Waals surface area contributed by atoms with Gasteiger partial charge in [0.25, 0.3) is 10.0 Å². The molecule has 0 aliphatic heterocycles. The first kappa shape index (κ1) is 14.0. The van der Waals surface area contributed by atoms with Crippen molar-refractivity contribution >= 4 is 33.0 Å². The van der Waals surface area contributed by atoms with Crippen molar-refractivity contribution < 1.29 is 8.42 Å². The van der Waals surface area contributed by atoms with Crippen LogP contribution in [0, 0.1) is 0 Å². The Labute approximate surface area is 126 Å². The molecule has 0 aromatic carbocycles. The summed E-state index contributed by atoms with van der Waals surface area (Å²) in [4.78, 5) is 8.01. The minimum absolute atomic E-state index is 0.0533. The lowest BCUT2D eigenvalue weighted by Gasteiger charge is -2.20. The van der Waals surface area contributed by atoms with Crippen molar-refractivity contribution in [2.75, 3.05) is 0 Å². The molecule has 0 radical (unpaired) electrons. The van der Waals surface area contributed by atoms with Crippen LogP contribution in [0.15, 0.2) is 22.8 Å². The second-order valence-corrected chi connectivity index (χ2v) is 8.40. The Kier molecular flexibility index (Phi) is 3.57. The third-order valence-corrected chi connectivity index (χ3v) is 6.64. The van der Waals surface area contributed by atoms with Crippen molar-refractivity contribution in [3.8, 4) is 0 Å². The number of hydrogen-bond acceptors (Lipinski definition) is 5. The second kappa shape index (κ2) is 5.10. The van der Waals surface area contributed by atoms with Crippen LogP contribution in [0.4, 0.5) is 0 Å². The smallest absolute Gasteiger partial charge is 0.254 e. The number of aromatic nitrogens is 3. The fourth-order valence-corrected chi connectivity index (χ4v) is 5.00. The molecule has 1 aliphatic rings. The number of rotatable bonds is 5. The Hall–Kier alpha value is -0.960. The van der Waals surface area contributed by atoms with Crippen LogP contribution in [-0.2, 0) is 23.6 Å². The molecule has 0 spiro atoms. The zero-order valence-corrected chi connectivity index (χ0v) is 13.1. The average molecular weight is 333 g/mol. The van der Waals surface area contributed by atoms with E-state index in [1.807, 2.05) is 11.6 Å². The molecule has 108 valence electrons. The van der Waals surface area contributed by atoms with E-state index < -0.39 is 10.0 Å². The van der Waals surface area contributed by atoms with Crippen LogP contribution in [0.25, 0.3) is 0 Å². The fourth-order valence-electron chi connectivity index (χ4n) is 1.94. The van der Waals surface area contributed by atoms with Crippen molar-refractivity contribution in [1.29, 1.82) is 0 Å². The first-order valence-corrected chi connectivity index (χ1v) is 8.71. The van der Waals surface area contributed by atoms with Gasteiger partial charge in [-0.2, -0.15) is 4.31 Å². The number of hydrogen-bond donors (Lipinski definition) is 0. The summed E-state index contributed by atoms with van der Waals surface area (Å²) in [6.45, 7) is 0.270. The van der Waals surface area contributed by atoms with Gasteiger partial charge in [-0.15, -0.1) is 0 Å². The molecular formula is C11H13ClN4O2S2. The predicted molar refractivity (Wildman–Crippen MR) is 76.1 cm³/mol. The number of thiazole rings is 1. The van der Waals surface area contributed by atoms with Gasteiger partial charge in [0.05, 0.1) is 12.7 Å². The summed E-state index contributed by atoms with van der Waals surface area (Å²) in [5.41, 5.74) is 0. The lowest BCUT2D eigenvalue weighted by Crippen LogP contribution is -2.33. The van der Waals surface area contributed by atoms with Gasteiger partial charge in [0.2, 0.25) is 0 Å².